The third-order valence-electron chi connectivity index (χ3n) is 2.01. The van der Waals surface area contributed by atoms with Crippen molar-refractivity contribution in [3.63, 3.8) is 0 Å². The molecule has 0 radical (unpaired) electrons. The number of hydrazone groups is 1. The lowest BCUT2D eigenvalue weighted by Gasteiger charge is -2.11. The summed E-state index contributed by atoms with van der Waals surface area (Å²) in [5.41, 5.74) is 8.38. The standard InChI is InChI=1S/C12H15N3O4S/c1-2-18-10-5-8(6-14-15-12(13)20)3-4-9(10)19-7-11(16)17/h3-6H,2,7H2,1H3,(H,16,17)(H3,13,15,20)/b14-6+. The van der Waals surface area contributed by atoms with E-state index in [-0.39, 0.29) is 5.11 Å². The van der Waals surface area contributed by atoms with E-state index in [1.54, 1.807) is 18.2 Å². The number of benzene rings is 1. The van der Waals surface area contributed by atoms with Crippen molar-refractivity contribution in [2.45, 2.75) is 6.92 Å². The minimum Gasteiger partial charge on any atom is -0.490 e. The molecule has 8 heteroatoms. The van der Waals surface area contributed by atoms with E-state index < -0.39 is 12.6 Å². The Morgan fingerprint density at radius 1 is 1.50 bits per heavy atom. The number of rotatable bonds is 7. The molecule has 0 aliphatic carbocycles. The topological polar surface area (TPSA) is 106 Å². The van der Waals surface area contributed by atoms with E-state index in [1.807, 2.05) is 6.92 Å². The van der Waals surface area contributed by atoms with Crippen LogP contribution in [0.2, 0.25) is 0 Å². The number of hydrogen-bond acceptors (Lipinski definition) is 5. The van der Waals surface area contributed by atoms with Crippen LogP contribution in [-0.4, -0.2) is 35.6 Å². The summed E-state index contributed by atoms with van der Waals surface area (Å²) >= 11 is 4.61. The number of carbonyl (C=O) groups is 1. The van der Waals surface area contributed by atoms with Gasteiger partial charge in [0.1, 0.15) is 0 Å². The van der Waals surface area contributed by atoms with Gasteiger partial charge in [0.15, 0.2) is 23.2 Å². The first-order valence-corrected chi connectivity index (χ1v) is 6.13. The summed E-state index contributed by atoms with van der Waals surface area (Å²) in [5.74, 6) is -0.263. The molecule has 1 rings (SSSR count). The Morgan fingerprint density at radius 2 is 2.25 bits per heavy atom. The molecule has 0 spiro atoms. The van der Waals surface area contributed by atoms with Crippen molar-refractivity contribution < 1.29 is 19.4 Å². The van der Waals surface area contributed by atoms with Crippen molar-refractivity contribution in [2.24, 2.45) is 10.8 Å². The van der Waals surface area contributed by atoms with Crippen LogP contribution in [0.15, 0.2) is 23.3 Å². The third-order valence-corrected chi connectivity index (χ3v) is 2.10. The summed E-state index contributed by atoms with van der Waals surface area (Å²) in [6, 6.07) is 4.98. The smallest absolute Gasteiger partial charge is 0.341 e. The van der Waals surface area contributed by atoms with Gasteiger partial charge in [-0.15, -0.1) is 0 Å². The van der Waals surface area contributed by atoms with E-state index in [4.69, 9.17) is 20.3 Å². The van der Waals surface area contributed by atoms with Crippen LogP contribution in [0.3, 0.4) is 0 Å². The number of ether oxygens (including phenoxy) is 2. The Hall–Kier alpha value is -2.35. The van der Waals surface area contributed by atoms with E-state index in [1.165, 1.54) is 6.21 Å². The van der Waals surface area contributed by atoms with Gasteiger partial charge in [-0.1, -0.05) is 0 Å². The molecule has 0 fully saturated rings. The maximum atomic E-state index is 10.5. The Morgan fingerprint density at radius 3 is 2.85 bits per heavy atom. The average molecular weight is 297 g/mol. The molecule has 0 amide bonds. The molecular formula is C12H15N3O4S. The van der Waals surface area contributed by atoms with Gasteiger partial charge in [0.05, 0.1) is 12.8 Å². The summed E-state index contributed by atoms with van der Waals surface area (Å²) in [7, 11) is 0. The van der Waals surface area contributed by atoms with Gasteiger partial charge in [-0.05, 0) is 42.9 Å². The number of nitrogens with zero attached hydrogens (tertiary/aromatic N) is 1. The summed E-state index contributed by atoms with van der Waals surface area (Å²) < 4.78 is 10.5. The van der Waals surface area contributed by atoms with Gasteiger partial charge < -0.3 is 20.3 Å². The van der Waals surface area contributed by atoms with Crippen LogP contribution < -0.4 is 20.6 Å². The highest BCUT2D eigenvalue weighted by Crippen LogP contribution is 2.27. The zero-order valence-corrected chi connectivity index (χ0v) is 11.6. The molecular weight excluding hydrogens is 282 g/mol. The predicted molar refractivity (Wildman–Crippen MR) is 78.3 cm³/mol. The number of carboxylic acid groups (broad SMARTS) is 1. The van der Waals surface area contributed by atoms with E-state index in [0.717, 1.165) is 5.56 Å². The van der Waals surface area contributed by atoms with Gasteiger partial charge in [-0.2, -0.15) is 5.10 Å². The number of nitrogens with two attached hydrogens (primary N) is 1. The number of nitrogens with one attached hydrogen (secondary N) is 1. The summed E-state index contributed by atoms with van der Waals surface area (Å²) in [4.78, 5) is 10.5. The number of thiocarbonyl (C=S) groups is 1. The molecule has 4 N–H and O–H groups in total. The van der Waals surface area contributed by atoms with Crippen molar-refractivity contribution in [1.82, 2.24) is 5.43 Å². The molecule has 7 nitrogen and oxygen atoms in total. The minimum atomic E-state index is -1.06. The Bertz CT molecular complexity index is 519. The number of aliphatic carboxylic acids is 1. The quantitative estimate of drug-likeness (QED) is 0.387. The number of carboxylic acids is 1. The van der Waals surface area contributed by atoms with Crippen molar-refractivity contribution in [2.75, 3.05) is 13.2 Å². The van der Waals surface area contributed by atoms with E-state index >= 15 is 0 Å². The van der Waals surface area contributed by atoms with Crippen molar-refractivity contribution >= 4 is 29.5 Å². The lowest BCUT2D eigenvalue weighted by atomic mass is 10.2. The van der Waals surface area contributed by atoms with Gasteiger partial charge in [-0.3, -0.25) is 5.43 Å². The van der Waals surface area contributed by atoms with Gasteiger partial charge >= 0.3 is 5.97 Å². The molecule has 1 aromatic carbocycles. The second-order valence-electron chi connectivity index (χ2n) is 3.56. The zero-order valence-electron chi connectivity index (χ0n) is 10.8. The largest absolute Gasteiger partial charge is 0.490 e. The lowest BCUT2D eigenvalue weighted by molar-refractivity contribution is -0.139. The minimum absolute atomic E-state index is 0.0627. The van der Waals surface area contributed by atoms with Crippen molar-refractivity contribution in [3.8, 4) is 11.5 Å². The Kier molecular flexibility index (Phi) is 6.24. The normalized spacial score (nSPS) is 10.2. The zero-order chi connectivity index (χ0) is 15.0. The molecule has 0 aromatic heterocycles. The molecule has 0 saturated carbocycles. The van der Waals surface area contributed by atoms with E-state index in [2.05, 4.69) is 22.7 Å². The van der Waals surface area contributed by atoms with E-state index in [0.29, 0.717) is 18.1 Å². The average Bonchev–Trinajstić information content (AvgIpc) is 2.37. The van der Waals surface area contributed by atoms with Crippen molar-refractivity contribution in [1.29, 1.82) is 0 Å². The van der Waals surface area contributed by atoms with Crippen LogP contribution in [0, 0.1) is 0 Å². The maximum absolute atomic E-state index is 10.5. The molecule has 0 heterocycles. The van der Waals surface area contributed by atoms with Crippen LogP contribution in [0.4, 0.5) is 0 Å². The van der Waals surface area contributed by atoms with Crippen LogP contribution in [0.1, 0.15) is 12.5 Å². The highest BCUT2D eigenvalue weighted by atomic mass is 32.1. The highest BCUT2D eigenvalue weighted by Gasteiger charge is 2.07. The van der Waals surface area contributed by atoms with Gasteiger partial charge in [0.2, 0.25) is 0 Å². The molecule has 1 aromatic rings. The molecule has 0 aliphatic heterocycles. The van der Waals surface area contributed by atoms with Crippen LogP contribution in [0.25, 0.3) is 0 Å². The summed E-state index contributed by atoms with van der Waals surface area (Å²) in [6.45, 7) is 1.81. The third kappa shape index (κ3) is 5.53. The van der Waals surface area contributed by atoms with Gasteiger partial charge in [0, 0.05) is 0 Å². The lowest BCUT2D eigenvalue weighted by Crippen LogP contribution is -2.23. The summed E-state index contributed by atoms with van der Waals surface area (Å²) in [5, 5.41) is 12.5. The maximum Gasteiger partial charge on any atom is 0.341 e. The summed E-state index contributed by atoms with van der Waals surface area (Å²) in [6.07, 6.45) is 1.50. The fraction of sp³-hybridized carbons (Fsp3) is 0.250. The van der Waals surface area contributed by atoms with E-state index in [9.17, 15) is 4.79 Å². The first kappa shape index (κ1) is 15.7. The molecule has 108 valence electrons. The van der Waals surface area contributed by atoms with Gasteiger partial charge in [-0.25, -0.2) is 4.79 Å². The van der Waals surface area contributed by atoms with Crippen LogP contribution in [0.5, 0.6) is 11.5 Å². The fourth-order valence-electron chi connectivity index (χ4n) is 1.30. The second-order valence-corrected chi connectivity index (χ2v) is 4.00. The Labute approximate surface area is 121 Å². The molecule has 0 saturated heterocycles. The fourth-order valence-corrected chi connectivity index (χ4v) is 1.36. The van der Waals surface area contributed by atoms with Crippen LogP contribution in [-0.2, 0) is 4.79 Å². The molecule has 20 heavy (non-hydrogen) atoms. The SMILES string of the molecule is CCOc1cc(/C=N/NC(N)=S)ccc1OCC(=O)O. The highest BCUT2D eigenvalue weighted by molar-refractivity contribution is 7.80. The predicted octanol–water partition coefficient (Wildman–Crippen LogP) is 0.716. The van der Waals surface area contributed by atoms with Crippen molar-refractivity contribution in [3.05, 3.63) is 23.8 Å². The first-order chi connectivity index (χ1) is 9.52. The number of hydrogen-bond donors (Lipinski definition) is 3. The molecule has 0 atom stereocenters. The van der Waals surface area contributed by atoms with Gasteiger partial charge in [0.25, 0.3) is 0 Å². The molecule has 0 bridgehead atoms. The molecule has 0 aliphatic rings. The van der Waals surface area contributed by atoms with Crippen LogP contribution >= 0.6 is 12.2 Å². The Balaban J connectivity index is 2.85. The molecule has 0 unspecified atom stereocenters. The second kappa shape index (κ2) is 7.95. The monoisotopic (exact) mass is 297 g/mol. The first-order valence-electron chi connectivity index (χ1n) is 5.73.